The lowest BCUT2D eigenvalue weighted by Gasteiger charge is -2.36. The first kappa shape index (κ1) is 21.2. The van der Waals surface area contributed by atoms with E-state index in [9.17, 15) is 9.18 Å². The van der Waals surface area contributed by atoms with Crippen LogP contribution in [-0.2, 0) is 4.79 Å². The van der Waals surface area contributed by atoms with Crippen LogP contribution in [0.4, 0.5) is 10.1 Å². The molecule has 0 aromatic heterocycles. The Morgan fingerprint density at radius 3 is 2.85 bits per heavy atom. The zero-order valence-corrected chi connectivity index (χ0v) is 16.3. The molecule has 0 spiro atoms. The smallest absolute Gasteiger partial charge is 0.238 e. The Labute approximate surface area is 165 Å². The summed E-state index contributed by atoms with van der Waals surface area (Å²) >= 11 is 0. The summed E-state index contributed by atoms with van der Waals surface area (Å²) < 4.78 is 19.4. The molecular weight excluding hydrogens is 369 g/mol. The minimum Gasteiger partial charge on any atom is -0.496 e. The largest absolute Gasteiger partial charge is 0.496 e. The second-order valence-electron chi connectivity index (χ2n) is 6.46. The third-order valence-corrected chi connectivity index (χ3v) is 4.60. The number of piperazine rings is 1. The third-order valence-electron chi connectivity index (χ3n) is 4.60. The number of rotatable bonds is 5. The van der Waals surface area contributed by atoms with Gasteiger partial charge in [0, 0.05) is 25.2 Å². The summed E-state index contributed by atoms with van der Waals surface area (Å²) in [6.07, 6.45) is 0. The molecule has 0 aliphatic carbocycles. The Kier molecular flexibility index (Phi) is 7.59. The minimum atomic E-state index is -0.417. The van der Waals surface area contributed by atoms with Gasteiger partial charge in [0.25, 0.3) is 0 Å². The van der Waals surface area contributed by atoms with Crippen LogP contribution in [-0.4, -0.2) is 44.1 Å². The molecule has 1 heterocycles. The van der Waals surface area contributed by atoms with Crippen LogP contribution in [0.1, 0.15) is 17.2 Å². The summed E-state index contributed by atoms with van der Waals surface area (Å²) in [6.45, 7) is 4.27. The number of methoxy groups -OCH3 is 1. The minimum absolute atomic E-state index is 0. The van der Waals surface area contributed by atoms with Gasteiger partial charge in [-0.3, -0.25) is 9.69 Å². The summed E-state index contributed by atoms with van der Waals surface area (Å²) in [6, 6.07) is 12.6. The van der Waals surface area contributed by atoms with Crippen molar-refractivity contribution in [2.45, 2.75) is 13.0 Å². The van der Waals surface area contributed by atoms with Gasteiger partial charge in [-0.05, 0) is 30.7 Å². The zero-order chi connectivity index (χ0) is 18.5. The van der Waals surface area contributed by atoms with E-state index in [2.05, 4.69) is 15.5 Å². The molecule has 1 amide bonds. The predicted octanol–water partition coefficient (Wildman–Crippen LogP) is 3.15. The van der Waals surface area contributed by atoms with Crippen LogP contribution in [0.2, 0.25) is 0 Å². The number of carbonyl (C=O) groups is 1. The standard InChI is InChI=1S/C20H24FN3O2.ClH/c1-14-7-8-17(16(21)11-14)23-20(25)13-24-10-9-22-12-18(24)15-5-3-4-6-19(15)26-2;/h3-8,11,18,22H,9-10,12-13H2,1-2H3,(H,23,25);1H. The molecule has 1 fully saturated rings. The number of halogens is 2. The van der Waals surface area contributed by atoms with Crippen molar-refractivity contribution >= 4 is 24.0 Å². The fraction of sp³-hybridized carbons (Fsp3) is 0.350. The number of benzene rings is 2. The Hall–Kier alpha value is -2.15. The Morgan fingerprint density at radius 2 is 2.11 bits per heavy atom. The molecule has 27 heavy (non-hydrogen) atoms. The average molecular weight is 394 g/mol. The third kappa shape index (κ3) is 5.19. The molecule has 1 aliphatic heterocycles. The number of para-hydroxylation sites is 1. The second-order valence-corrected chi connectivity index (χ2v) is 6.46. The van der Waals surface area contributed by atoms with Gasteiger partial charge in [-0.15, -0.1) is 12.4 Å². The molecule has 7 heteroatoms. The maximum atomic E-state index is 14.0. The van der Waals surface area contributed by atoms with E-state index in [1.807, 2.05) is 31.2 Å². The molecule has 2 aromatic carbocycles. The number of ether oxygens (including phenoxy) is 1. The topological polar surface area (TPSA) is 53.6 Å². The SMILES string of the molecule is COc1ccccc1C1CNCCN1CC(=O)Nc1ccc(C)cc1F.Cl. The van der Waals surface area contributed by atoms with Crippen molar-refractivity contribution in [2.24, 2.45) is 0 Å². The molecule has 0 bridgehead atoms. The van der Waals surface area contributed by atoms with Crippen LogP contribution in [0.25, 0.3) is 0 Å². The van der Waals surface area contributed by atoms with E-state index in [0.717, 1.165) is 36.5 Å². The van der Waals surface area contributed by atoms with Gasteiger partial charge in [0.1, 0.15) is 11.6 Å². The molecule has 146 valence electrons. The van der Waals surface area contributed by atoms with E-state index in [1.165, 1.54) is 6.07 Å². The van der Waals surface area contributed by atoms with Crippen LogP contribution in [0.5, 0.6) is 5.75 Å². The molecule has 0 saturated carbocycles. The van der Waals surface area contributed by atoms with Gasteiger partial charge in [0.2, 0.25) is 5.91 Å². The van der Waals surface area contributed by atoms with Crippen molar-refractivity contribution in [3.8, 4) is 5.75 Å². The van der Waals surface area contributed by atoms with E-state index in [4.69, 9.17) is 4.74 Å². The van der Waals surface area contributed by atoms with Gasteiger partial charge >= 0.3 is 0 Å². The van der Waals surface area contributed by atoms with E-state index >= 15 is 0 Å². The monoisotopic (exact) mass is 393 g/mol. The van der Waals surface area contributed by atoms with Crippen LogP contribution in [0.15, 0.2) is 42.5 Å². The van der Waals surface area contributed by atoms with Crippen LogP contribution >= 0.6 is 12.4 Å². The molecule has 1 atom stereocenters. The highest BCUT2D eigenvalue weighted by molar-refractivity contribution is 5.92. The number of hydrogen-bond donors (Lipinski definition) is 2. The average Bonchev–Trinajstić information content (AvgIpc) is 2.64. The summed E-state index contributed by atoms with van der Waals surface area (Å²) in [7, 11) is 1.65. The highest BCUT2D eigenvalue weighted by Crippen LogP contribution is 2.30. The molecule has 5 nitrogen and oxygen atoms in total. The summed E-state index contributed by atoms with van der Waals surface area (Å²) in [5.74, 6) is 0.158. The molecule has 1 aliphatic rings. The predicted molar refractivity (Wildman–Crippen MR) is 107 cm³/mol. The van der Waals surface area contributed by atoms with Crippen LogP contribution in [0.3, 0.4) is 0 Å². The number of amides is 1. The molecular formula is C20H25ClFN3O2. The van der Waals surface area contributed by atoms with E-state index in [-0.39, 0.29) is 36.6 Å². The first-order chi connectivity index (χ1) is 12.6. The number of aryl methyl sites for hydroxylation is 1. The van der Waals surface area contributed by atoms with Crippen molar-refractivity contribution in [1.82, 2.24) is 10.2 Å². The highest BCUT2D eigenvalue weighted by Gasteiger charge is 2.27. The van der Waals surface area contributed by atoms with Crippen molar-refractivity contribution < 1.29 is 13.9 Å². The number of nitrogens with zero attached hydrogens (tertiary/aromatic N) is 1. The van der Waals surface area contributed by atoms with Crippen molar-refractivity contribution in [3.05, 3.63) is 59.4 Å². The molecule has 3 rings (SSSR count). The lowest BCUT2D eigenvalue weighted by Crippen LogP contribution is -2.48. The van der Waals surface area contributed by atoms with Crippen LogP contribution in [0, 0.1) is 12.7 Å². The van der Waals surface area contributed by atoms with Gasteiger partial charge in [0.05, 0.1) is 25.4 Å². The summed E-state index contributed by atoms with van der Waals surface area (Å²) in [5, 5.41) is 6.04. The van der Waals surface area contributed by atoms with E-state index < -0.39 is 5.82 Å². The zero-order valence-electron chi connectivity index (χ0n) is 15.5. The van der Waals surface area contributed by atoms with E-state index in [0.29, 0.717) is 0 Å². The molecule has 2 N–H and O–H groups in total. The number of hydrogen-bond acceptors (Lipinski definition) is 4. The molecule has 2 aromatic rings. The number of anilines is 1. The molecule has 1 saturated heterocycles. The normalized spacial score (nSPS) is 17.1. The van der Waals surface area contributed by atoms with Gasteiger partial charge in [-0.1, -0.05) is 24.3 Å². The van der Waals surface area contributed by atoms with Crippen molar-refractivity contribution in [2.75, 3.05) is 38.6 Å². The van der Waals surface area contributed by atoms with E-state index in [1.54, 1.807) is 19.2 Å². The molecule has 0 radical (unpaired) electrons. The Bertz CT molecular complexity index is 788. The Balaban J connectivity index is 0.00000261. The maximum absolute atomic E-state index is 14.0. The highest BCUT2D eigenvalue weighted by atomic mass is 35.5. The van der Waals surface area contributed by atoms with Gasteiger partial charge in [0.15, 0.2) is 0 Å². The lowest BCUT2D eigenvalue weighted by molar-refractivity contribution is -0.118. The molecule has 1 unspecified atom stereocenters. The van der Waals surface area contributed by atoms with Gasteiger partial charge < -0.3 is 15.4 Å². The number of nitrogens with one attached hydrogen (secondary N) is 2. The lowest BCUT2D eigenvalue weighted by atomic mass is 10.0. The summed E-state index contributed by atoms with van der Waals surface area (Å²) in [5.41, 5.74) is 2.07. The fourth-order valence-corrected chi connectivity index (χ4v) is 3.28. The second kappa shape index (κ2) is 9.69. The fourth-order valence-electron chi connectivity index (χ4n) is 3.28. The first-order valence-electron chi connectivity index (χ1n) is 8.72. The Morgan fingerprint density at radius 1 is 1.33 bits per heavy atom. The van der Waals surface area contributed by atoms with Crippen molar-refractivity contribution in [3.63, 3.8) is 0 Å². The van der Waals surface area contributed by atoms with Crippen LogP contribution < -0.4 is 15.4 Å². The number of carbonyl (C=O) groups excluding carboxylic acids is 1. The summed E-state index contributed by atoms with van der Waals surface area (Å²) in [4.78, 5) is 14.6. The maximum Gasteiger partial charge on any atom is 0.238 e. The quantitative estimate of drug-likeness (QED) is 0.819. The van der Waals surface area contributed by atoms with Gasteiger partial charge in [-0.2, -0.15) is 0 Å². The van der Waals surface area contributed by atoms with Crippen molar-refractivity contribution in [1.29, 1.82) is 0 Å². The first-order valence-corrected chi connectivity index (χ1v) is 8.72. The van der Waals surface area contributed by atoms with Gasteiger partial charge in [-0.25, -0.2) is 4.39 Å².